The summed E-state index contributed by atoms with van der Waals surface area (Å²) in [5, 5.41) is 3.36. The van der Waals surface area contributed by atoms with Crippen molar-refractivity contribution in [2.45, 2.75) is 65.3 Å². The highest BCUT2D eigenvalue weighted by Crippen LogP contribution is 2.26. The SMILES string of the molecule is CC(C)Oc1cc(CN2CCC(Nc3ncco3)CC2)cc(OC(C)C)c1. The van der Waals surface area contributed by atoms with E-state index in [0.717, 1.165) is 44.0 Å². The Labute approximate surface area is 161 Å². The number of oxazole rings is 1. The highest BCUT2D eigenvalue weighted by molar-refractivity contribution is 5.38. The van der Waals surface area contributed by atoms with Crippen LogP contribution >= 0.6 is 0 Å². The highest BCUT2D eigenvalue weighted by Gasteiger charge is 2.20. The van der Waals surface area contributed by atoms with Gasteiger partial charge in [-0.3, -0.25) is 4.90 Å². The molecule has 1 aromatic carbocycles. The average Bonchev–Trinajstić information content (AvgIpc) is 3.08. The van der Waals surface area contributed by atoms with Crippen molar-refractivity contribution in [3.05, 3.63) is 36.2 Å². The normalized spacial score (nSPS) is 16.1. The Hall–Kier alpha value is -2.21. The lowest BCUT2D eigenvalue weighted by Crippen LogP contribution is -2.38. The number of nitrogens with zero attached hydrogens (tertiary/aromatic N) is 2. The van der Waals surface area contributed by atoms with Crippen LogP contribution in [0.15, 0.2) is 35.1 Å². The van der Waals surface area contributed by atoms with Crippen LogP contribution in [-0.4, -0.2) is 41.2 Å². The molecule has 0 spiro atoms. The van der Waals surface area contributed by atoms with Crippen LogP contribution in [0.1, 0.15) is 46.1 Å². The molecule has 0 aliphatic carbocycles. The third-order valence-corrected chi connectivity index (χ3v) is 4.44. The number of hydrogen-bond acceptors (Lipinski definition) is 6. The standard InChI is InChI=1S/C21H31N3O3/c1-15(2)26-19-11-17(12-20(13-19)27-16(3)4)14-24-8-5-18(6-9-24)23-21-22-7-10-25-21/h7,10-13,15-16,18H,5-6,8-9,14H2,1-4H3,(H,22,23). The van der Waals surface area contributed by atoms with Crippen LogP contribution in [0.25, 0.3) is 0 Å². The van der Waals surface area contributed by atoms with E-state index in [0.29, 0.717) is 12.1 Å². The van der Waals surface area contributed by atoms with Crippen LogP contribution in [0.5, 0.6) is 11.5 Å². The molecule has 6 heteroatoms. The number of anilines is 1. The summed E-state index contributed by atoms with van der Waals surface area (Å²) in [5.74, 6) is 1.75. The van der Waals surface area contributed by atoms with E-state index in [2.05, 4.69) is 27.3 Å². The maximum Gasteiger partial charge on any atom is 0.294 e. The molecule has 0 saturated carbocycles. The van der Waals surface area contributed by atoms with E-state index in [-0.39, 0.29) is 12.2 Å². The second-order valence-corrected chi connectivity index (χ2v) is 7.68. The topological polar surface area (TPSA) is 59.8 Å². The molecule has 1 fully saturated rings. The molecule has 1 aromatic heterocycles. The third kappa shape index (κ3) is 6.17. The zero-order chi connectivity index (χ0) is 19.2. The molecule has 2 heterocycles. The minimum Gasteiger partial charge on any atom is -0.491 e. The molecule has 1 N–H and O–H groups in total. The number of rotatable bonds is 8. The third-order valence-electron chi connectivity index (χ3n) is 4.44. The van der Waals surface area contributed by atoms with Crippen molar-refractivity contribution in [2.75, 3.05) is 18.4 Å². The van der Waals surface area contributed by atoms with Crippen molar-refractivity contribution >= 4 is 6.01 Å². The summed E-state index contributed by atoms with van der Waals surface area (Å²) < 4.78 is 17.1. The fourth-order valence-electron chi connectivity index (χ4n) is 3.37. The molecule has 6 nitrogen and oxygen atoms in total. The Morgan fingerprint density at radius 2 is 1.70 bits per heavy atom. The summed E-state index contributed by atoms with van der Waals surface area (Å²) >= 11 is 0. The van der Waals surface area contributed by atoms with Gasteiger partial charge in [-0.05, 0) is 58.2 Å². The number of ether oxygens (including phenoxy) is 2. The largest absolute Gasteiger partial charge is 0.491 e. The van der Waals surface area contributed by atoms with Gasteiger partial charge < -0.3 is 19.2 Å². The van der Waals surface area contributed by atoms with Gasteiger partial charge in [0.15, 0.2) is 0 Å². The molecule has 2 aromatic rings. The molecule has 0 bridgehead atoms. The Morgan fingerprint density at radius 1 is 1.07 bits per heavy atom. The van der Waals surface area contributed by atoms with Crippen molar-refractivity contribution in [2.24, 2.45) is 0 Å². The fourth-order valence-corrected chi connectivity index (χ4v) is 3.37. The van der Waals surface area contributed by atoms with Crippen LogP contribution in [0.4, 0.5) is 6.01 Å². The number of aromatic nitrogens is 1. The number of piperidine rings is 1. The Kier molecular flexibility index (Phi) is 6.61. The summed E-state index contributed by atoms with van der Waals surface area (Å²) in [6.45, 7) is 11.1. The molecule has 1 aliphatic heterocycles. The minimum atomic E-state index is 0.143. The molecule has 0 radical (unpaired) electrons. The monoisotopic (exact) mass is 373 g/mol. The van der Waals surface area contributed by atoms with Crippen LogP contribution in [0.3, 0.4) is 0 Å². The van der Waals surface area contributed by atoms with Crippen molar-refractivity contribution in [1.82, 2.24) is 9.88 Å². The lowest BCUT2D eigenvalue weighted by Gasteiger charge is -2.32. The lowest BCUT2D eigenvalue weighted by molar-refractivity contribution is 0.206. The van der Waals surface area contributed by atoms with Crippen LogP contribution in [-0.2, 0) is 6.54 Å². The van der Waals surface area contributed by atoms with Gasteiger partial charge in [0.2, 0.25) is 0 Å². The first-order chi connectivity index (χ1) is 13.0. The highest BCUT2D eigenvalue weighted by atomic mass is 16.5. The molecule has 27 heavy (non-hydrogen) atoms. The Bertz CT molecular complexity index is 664. The summed E-state index contributed by atoms with van der Waals surface area (Å²) in [5.41, 5.74) is 1.22. The van der Waals surface area contributed by atoms with Gasteiger partial charge in [0.05, 0.1) is 18.4 Å². The maximum atomic E-state index is 5.92. The zero-order valence-corrected chi connectivity index (χ0v) is 16.8. The van der Waals surface area contributed by atoms with E-state index < -0.39 is 0 Å². The molecule has 0 atom stereocenters. The second-order valence-electron chi connectivity index (χ2n) is 7.68. The summed E-state index contributed by atoms with van der Waals surface area (Å²) in [6.07, 6.45) is 5.69. The van der Waals surface area contributed by atoms with Gasteiger partial charge in [0, 0.05) is 31.7 Å². The van der Waals surface area contributed by atoms with E-state index in [1.165, 1.54) is 5.56 Å². The summed E-state index contributed by atoms with van der Waals surface area (Å²) in [4.78, 5) is 6.62. The molecule has 3 rings (SSSR count). The van der Waals surface area contributed by atoms with E-state index >= 15 is 0 Å². The number of nitrogens with one attached hydrogen (secondary N) is 1. The van der Waals surface area contributed by atoms with Gasteiger partial charge in [-0.15, -0.1) is 0 Å². The molecule has 1 aliphatic rings. The smallest absolute Gasteiger partial charge is 0.294 e. The fraction of sp³-hybridized carbons (Fsp3) is 0.571. The maximum absolute atomic E-state index is 5.92. The van der Waals surface area contributed by atoms with Gasteiger partial charge in [-0.1, -0.05) is 0 Å². The molecular formula is C21H31N3O3. The van der Waals surface area contributed by atoms with Gasteiger partial charge in [0.25, 0.3) is 6.01 Å². The zero-order valence-electron chi connectivity index (χ0n) is 16.8. The van der Waals surface area contributed by atoms with Gasteiger partial charge in [-0.2, -0.15) is 0 Å². The minimum absolute atomic E-state index is 0.143. The Balaban J connectivity index is 1.59. The van der Waals surface area contributed by atoms with E-state index in [1.54, 1.807) is 12.5 Å². The van der Waals surface area contributed by atoms with E-state index in [9.17, 15) is 0 Å². The summed E-state index contributed by atoms with van der Waals surface area (Å²) in [7, 11) is 0. The van der Waals surface area contributed by atoms with Crippen molar-refractivity contribution < 1.29 is 13.9 Å². The van der Waals surface area contributed by atoms with Crippen LogP contribution in [0, 0.1) is 0 Å². The molecule has 0 amide bonds. The number of benzene rings is 1. The van der Waals surface area contributed by atoms with Crippen molar-refractivity contribution in [3.8, 4) is 11.5 Å². The number of hydrogen-bond donors (Lipinski definition) is 1. The quantitative estimate of drug-likeness (QED) is 0.743. The Morgan fingerprint density at radius 3 is 2.22 bits per heavy atom. The van der Waals surface area contributed by atoms with Crippen LogP contribution < -0.4 is 14.8 Å². The summed E-state index contributed by atoms with van der Waals surface area (Å²) in [6, 6.07) is 7.27. The van der Waals surface area contributed by atoms with Crippen molar-refractivity contribution in [3.63, 3.8) is 0 Å². The molecule has 148 valence electrons. The molecule has 0 unspecified atom stereocenters. The molecular weight excluding hydrogens is 342 g/mol. The predicted molar refractivity (Wildman–Crippen MR) is 106 cm³/mol. The second kappa shape index (κ2) is 9.13. The first kappa shape index (κ1) is 19.5. The van der Waals surface area contributed by atoms with E-state index in [4.69, 9.17) is 13.9 Å². The lowest BCUT2D eigenvalue weighted by atomic mass is 10.0. The predicted octanol–water partition coefficient (Wildman–Crippen LogP) is 4.33. The first-order valence-corrected chi connectivity index (χ1v) is 9.83. The average molecular weight is 373 g/mol. The number of likely N-dealkylation sites (tertiary alicyclic amines) is 1. The van der Waals surface area contributed by atoms with Crippen molar-refractivity contribution in [1.29, 1.82) is 0 Å². The first-order valence-electron chi connectivity index (χ1n) is 9.83. The van der Waals surface area contributed by atoms with Crippen LogP contribution in [0.2, 0.25) is 0 Å². The van der Waals surface area contributed by atoms with Gasteiger partial charge in [0.1, 0.15) is 17.8 Å². The van der Waals surface area contributed by atoms with E-state index in [1.807, 2.05) is 33.8 Å². The molecule has 1 saturated heterocycles. The van der Waals surface area contributed by atoms with Gasteiger partial charge >= 0.3 is 0 Å². The van der Waals surface area contributed by atoms with Gasteiger partial charge in [-0.25, -0.2) is 4.98 Å².